The van der Waals surface area contributed by atoms with Crippen molar-refractivity contribution in [3.8, 4) is 21.8 Å². The van der Waals surface area contributed by atoms with Gasteiger partial charge in [-0.05, 0) is 36.8 Å². The number of H-pyrrole nitrogens is 1. The van der Waals surface area contributed by atoms with Gasteiger partial charge in [0, 0.05) is 27.2 Å². The van der Waals surface area contributed by atoms with E-state index in [2.05, 4.69) is 42.2 Å². The maximum Gasteiger partial charge on any atom is 0.346 e. The van der Waals surface area contributed by atoms with Crippen molar-refractivity contribution in [3.05, 3.63) is 106 Å². The quantitative estimate of drug-likeness (QED) is 0.243. The number of fused-ring (bicyclic) bond motifs is 2. The lowest BCUT2D eigenvalue weighted by molar-refractivity contribution is -0.115. The second kappa shape index (κ2) is 9.01. The number of thiazole rings is 1. The minimum Gasteiger partial charge on any atom is -0.422 e. The summed E-state index contributed by atoms with van der Waals surface area (Å²) in [6, 6.07) is 25.7. The largest absolute Gasteiger partial charge is 0.422 e. The van der Waals surface area contributed by atoms with Crippen molar-refractivity contribution in [1.29, 1.82) is 0 Å². The number of thioether (sulfide) groups is 1. The molecular formula is C30H21N3O3S2. The predicted octanol–water partition coefficient (Wildman–Crippen LogP) is 7.15. The number of rotatable bonds is 4. The van der Waals surface area contributed by atoms with Gasteiger partial charge in [0.1, 0.15) is 21.8 Å². The summed E-state index contributed by atoms with van der Waals surface area (Å²) in [6.45, 7) is 2.07. The van der Waals surface area contributed by atoms with Crippen molar-refractivity contribution in [2.75, 3.05) is 10.7 Å². The van der Waals surface area contributed by atoms with Crippen molar-refractivity contribution in [1.82, 2.24) is 9.97 Å². The van der Waals surface area contributed by atoms with Gasteiger partial charge in [-0.15, -0.1) is 23.1 Å². The average Bonchev–Trinajstić information content (AvgIpc) is 3.65. The van der Waals surface area contributed by atoms with E-state index in [4.69, 9.17) is 9.40 Å². The molecule has 1 saturated heterocycles. The van der Waals surface area contributed by atoms with E-state index in [-0.39, 0.29) is 11.3 Å². The third kappa shape index (κ3) is 3.76. The fourth-order valence-electron chi connectivity index (χ4n) is 5.01. The Labute approximate surface area is 225 Å². The normalized spacial score (nSPS) is 15.7. The maximum absolute atomic E-state index is 13.3. The topological polar surface area (TPSA) is 79.2 Å². The first-order valence-electron chi connectivity index (χ1n) is 12.2. The molecule has 1 amide bonds. The molecule has 0 aliphatic carbocycles. The van der Waals surface area contributed by atoms with Gasteiger partial charge in [0.05, 0.1) is 17.0 Å². The van der Waals surface area contributed by atoms with E-state index in [1.54, 1.807) is 28.8 Å². The molecule has 6 nitrogen and oxygen atoms in total. The Morgan fingerprint density at radius 1 is 1.00 bits per heavy atom. The highest BCUT2D eigenvalue weighted by Gasteiger charge is 2.38. The summed E-state index contributed by atoms with van der Waals surface area (Å²) in [6.07, 6.45) is 0. The van der Waals surface area contributed by atoms with Gasteiger partial charge in [-0.2, -0.15) is 0 Å². The molecule has 1 N–H and O–H groups in total. The summed E-state index contributed by atoms with van der Waals surface area (Å²) in [5, 5.41) is 4.03. The zero-order valence-electron chi connectivity index (χ0n) is 20.3. The number of aryl methyl sites for hydroxylation is 1. The fraction of sp³-hybridized carbons (Fsp3) is 0.100. The molecule has 3 aromatic heterocycles. The zero-order chi connectivity index (χ0) is 25.8. The van der Waals surface area contributed by atoms with E-state index < -0.39 is 5.63 Å². The highest BCUT2D eigenvalue weighted by Crippen LogP contribution is 2.48. The van der Waals surface area contributed by atoms with Crippen LogP contribution in [0.3, 0.4) is 0 Å². The first kappa shape index (κ1) is 23.0. The maximum atomic E-state index is 13.3. The number of nitrogens with zero attached hydrogens (tertiary/aromatic N) is 2. The number of benzene rings is 3. The van der Waals surface area contributed by atoms with Gasteiger partial charge in [0.25, 0.3) is 0 Å². The lowest BCUT2D eigenvalue weighted by atomic mass is 10.0. The van der Waals surface area contributed by atoms with Crippen LogP contribution in [0.15, 0.2) is 93.5 Å². The summed E-state index contributed by atoms with van der Waals surface area (Å²) >= 11 is 2.93. The lowest BCUT2D eigenvalue weighted by Crippen LogP contribution is -2.28. The van der Waals surface area contributed by atoms with Crippen LogP contribution in [0.2, 0.25) is 0 Å². The molecule has 38 heavy (non-hydrogen) atoms. The summed E-state index contributed by atoms with van der Waals surface area (Å²) in [5.41, 5.74) is 5.77. The van der Waals surface area contributed by atoms with Crippen LogP contribution in [-0.4, -0.2) is 21.6 Å². The monoisotopic (exact) mass is 535 g/mol. The molecule has 7 rings (SSSR count). The van der Waals surface area contributed by atoms with E-state index in [1.807, 2.05) is 41.8 Å². The zero-order valence-corrected chi connectivity index (χ0v) is 21.9. The molecule has 1 fully saturated rings. The van der Waals surface area contributed by atoms with Gasteiger partial charge >= 0.3 is 5.63 Å². The SMILES string of the molecule is Cc1ccc2[nH]c(-c3ccccc3)c(C3SCC(=O)N3c3csc(-c4cc5ccccc5oc4=O)n3)c2c1. The number of hydrogen-bond donors (Lipinski definition) is 1. The van der Waals surface area contributed by atoms with Crippen molar-refractivity contribution in [3.63, 3.8) is 0 Å². The van der Waals surface area contributed by atoms with E-state index >= 15 is 0 Å². The Bertz CT molecular complexity index is 1910. The van der Waals surface area contributed by atoms with Gasteiger partial charge < -0.3 is 9.40 Å². The molecule has 0 spiro atoms. The molecule has 1 unspecified atom stereocenters. The molecule has 0 saturated carbocycles. The van der Waals surface area contributed by atoms with Crippen LogP contribution < -0.4 is 10.5 Å². The molecule has 3 aromatic carbocycles. The molecule has 1 aliphatic rings. The standard InChI is InChI=1S/C30H21N3O3S2/c1-17-11-12-22-20(13-17)26(27(31-22)18-7-3-2-4-8-18)29-33(25(34)16-38-29)24-15-37-28(32-24)21-14-19-9-5-6-10-23(19)36-30(21)35/h2-15,29,31H,16H2,1H3. The minimum absolute atomic E-state index is 0.0107. The Kier molecular flexibility index (Phi) is 5.45. The molecule has 1 aliphatic heterocycles. The van der Waals surface area contributed by atoms with Gasteiger partial charge in [0.15, 0.2) is 0 Å². The number of anilines is 1. The minimum atomic E-state index is -0.443. The van der Waals surface area contributed by atoms with Gasteiger partial charge in [0.2, 0.25) is 5.91 Å². The molecule has 0 bridgehead atoms. The molecule has 8 heteroatoms. The number of carbonyl (C=O) groups excluding carboxylic acids is 1. The second-order valence-corrected chi connectivity index (χ2v) is 11.2. The van der Waals surface area contributed by atoms with Gasteiger partial charge in [-0.25, -0.2) is 9.78 Å². The molecule has 186 valence electrons. The number of hydrogen-bond acceptors (Lipinski definition) is 6. The smallest absolute Gasteiger partial charge is 0.346 e. The average molecular weight is 536 g/mol. The first-order valence-corrected chi connectivity index (χ1v) is 14.1. The Balaban J connectivity index is 1.36. The number of aromatic amines is 1. The molecule has 4 heterocycles. The fourth-order valence-corrected chi connectivity index (χ4v) is 7.04. The number of carbonyl (C=O) groups is 1. The van der Waals surface area contributed by atoms with E-state index in [0.717, 1.165) is 38.7 Å². The van der Waals surface area contributed by atoms with Crippen LogP contribution in [0.25, 0.3) is 43.7 Å². The molecule has 6 aromatic rings. The summed E-state index contributed by atoms with van der Waals surface area (Å²) < 4.78 is 5.53. The number of nitrogens with one attached hydrogen (secondary N) is 1. The van der Waals surface area contributed by atoms with E-state index in [0.29, 0.717) is 27.7 Å². The van der Waals surface area contributed by atoms with Crippen LogP contribution in [-0.2, 0) is 4.79 Å². The highest BCUT2D eigenvalue weighted by molar-refractivity contribution is 8.00. The van der Waals surface area contributed by atoms with Crippen molar-refractivity contribution < 1.29 is 9.21 Å². The lowest BCUT2D eigenvalue weighted by Gasteiger charge is -2.23. The number of aromatic nitrogens is 2. The number of amides is 1. The van der Waals surface area contributed by atoms with Crippen LogP contribution in [0.4, 0.5) is 5.82 Å². The highest BCUT2D eigenvalue weighted by atomic mass is 32.2. The van der Waals surface area contributed by atoms with Gasteiger partial charge in [-0.3, -0.25) is 9.69 Å². The number of para-hydroxylation sites is 1. The van der Waals surface area contributed by atoms with Crippen molar-refractivity contribution in [2.24, 2.45) is 0 Å². The van der Waals surface area contributed by atoms with Crippen LogP contribution in [0.1, 0.15) is 16.5 Å². The summed E-state index contributed by atoms with van der Waals surface area (Å²) in [4.78, 5) is 36.2. The molecular weight excluding hydrogens is 514 g/mol. The molecule has 0 radical (unpaired) electrons. The van der Waals surface area contributed by atoms with Crippen molar-refractivity contribution in [2.45, 2.75) is 12.3 Å². The van der Waals surface area contributed by atoms with E-state index in [9.17, 15) is 9.59 Å². The first-order chi connectivity index (χ1) is 18.6. The summed E-state index contributed by atoms with van der Waals surface area (Å²) in [7, 11) is 0. The Morgan fingerprint density at radius 3 is 2.68 bits per heavy atom. The Morgan fingerprint density at radius 2 is 1.82 bits per heavy atom. The van der Waals surface area contributed by atoms with Crippen LogP contribution in [0, 0.1) is 6.92 Å². The van der Waals surface area contributed by atoms with Gasteiger partial charge in [-0.1, -0.05) is 60.2 Å². The predicted molar refractivity (Wildman–Crippen MR) is 155 cm³/mol. The molecule has 1 atom stereocenters. The summed E-state index contributed by atoms with van der Waals surface area (Å²) in [5.74, 6) is 0.879. The Hall–Kier alpha value is -4.14. The third-order valence-corrected chi connectivity index (χ3v) is 8.82. The third-order valence-electron chi connectivity index (χ3n) is 6.78. The second-order valence-electron chi connectivity index (χ2n) is 9.25. The van der Waals surface area contributed by atoms with E-state index in [1.165, 1.54) is 11.3 Å². The van der Waals surface area contributed by atoms with Crippen molar-refractivity contribution >= 4 is 56.7 Å². The van der Waals surface area contributed by atoms with Crippen LogP contribution >= 0.6 is 23.1 Å². The van der Waals surface area contributed by atoms with Crippen LogP contribution in [0.5, 0.6) is 0 Å².